The van der Waals surface area contributed by atoms with Crippen molar-refractivity contribution in [3.05, 3.63) is 46.6 Å². The molecule has 1 fully saturated rings. The zero-order valence-electron chi connectivity index (χ0n) is 15.1. The van der Waals surface area contributed by atoms with Crippen LogP contribution in [-0.2, 0) is 6.54 Å². The van der Waals surface area contributed by atoms with Crippen molar-refractivity contribution in [2.24, 2.45) is 0 Å². The van der Waals surface area contributed by atoms with E-state index in [9.17, 15) is 19.4 Å². The summed E-state index contributed by atoms with van der Waals surface area (Å²) in [5, 5.41) is 32.9. The van der Waals surface area contributed by atoms with Gasteiger partial charge in [0, 0.05) is 11.6 Å². The van der Waals surface area contributed by atoms with Gasteiger partial charge in [0.25, 0.3) is 5.91 Å². The topological polar surface area (TPSA) is 136 Å². The smallest absolute Gasteiger partial charge is 0.272 e. The van der Waals surface area contributed by atoms with Crippen molar-refractivity contribution in [2.45, 2.75) is 37.6 Å². The Hall–Kier alpha value is -2.82. The number of aromatic amines is 1. The molecule has 0 aliphatic heterocycles. The molecule has 1 aliphatic carbocycles. The van der Waals surface area contributed by atoms with Crippen molar-refractivity contribution < 1.29 is 19.4 Å². The van der Waals surface area contributed by atoms with Crippen LogP contribution in [-0.4, -0.2) is 54.5 Å². The third-order valence-corrected chi connectivity index (χ3v) is 5.29. The number of rotatable bonds is 5. The first-order valence-corrected chi connectivity index (χ1v) is 9.35. The van der Waals surface area contributed by atoms with E-state index in [0.29, 0.717) is 40.3 Å². The zero-order chi connectivity index (χ0) is 20.5. The lowest BCUT2D eigenvalue weighted by Crippen LogP contribution is -2.34. The molecule has 1 aromatic carbocycles. The second-order valence-electron chi connectivity index (χ2n) is 6.82. The number of carbonyl (C=O) groups excluding carboxylic acids is 1. The first kappa shape index (κ1) is 19.5. The van der Waals surface area contributed by atoms with E-state index in [1.54, 1.807) is 0 Å². The van der Waals surface area contributed by atoms with Crippen molar-refractivity contribution in [2.75, 3.05) is 5.32 Å². The fraction of sp³-hybridized carbons (Fsp3) is 0.333. The molecule has 0 unspecified atom stereocenters. The highest BCUT2D eigenvalue weighted by Gasteiger charge is 2.34. The third kappa shape index (κ3) is 3.86. The van der Waals surface area contributed by atoms with Gasteiger partial charge in [0.15, 0.2) is 11.3 Å². The molecule has 0 bridgehead atoms. The average Bonchev–Trinajstić information content (AvgIpc) is 3.28. The van der Waals surface area contributed by atoms with Crippen LogP contribution in [0.1, 0.15) is 28.9 Å². The summed E-state index contributed by atoms with van der Waals surface area (Å²) in [6.07, 6.45) is 0.549. The van der Waals surface area contributed by atoms with Gasteiger partial charge in [-0.05, 0) is 36.6 Å². The Morgan fingerprint density at radius 2 is 2.14 bits per heavy atom. The lowest BCUT2D eigenvalue weighted by atomic mass is 10.2. The first-order chi connectivity index (χ1) is 13.9. The highest BCUT2D eigenvalue weighted by atomic mass is 35.5. The summed E-state index contributed by atoms with van der Waals surface area (Å²) in [7, 11) is 0. The summed E-state index contributed by atoms with van der Waals surface area (Å²) in [6, 6.07) is 3.48. The van der Waals surface area contributed by atoms with Crippen LogP contribution in [0, 0.1) is 5.82 Å². The highest BCUT2D eigenvalue weighted by molar-refractivity contribution is 6.31. The van der Waals surface area contributed by atoms with E-state index in [2.05, 4.69) is 30.8 Å². The maximum Gasteiger partial charge on any atom is 0.272 e. The fourth-order valence-electron chi connectivity index (χ4n) is 3.36. The standard InChI is InChI=1S/C18H18ClFN6O3/c19-10-2-1-9(20)5-8(10)6-21-18(29)14-13-16(22-7-23-17(13)26-25-14)24-11-3-4-12(27)15(11)28/h1-2,5,7,11-12,15,27-28H,3-4,6H2,(H,21,29)(H2,22,23,24,25,26)/t11-,12-,15+/m1/s1. The predicted molar refractivity (Wildman–Crippen MR) is 103 cm³/mol. The van der Waals surface area contributed by atoms with Gasteiger partial charge in [0.2, 0.25) is 0 Å². The Balaban J connectivity index is 1.57. The van der Waals surface area contributed by atoms with Crippen molar-refractivity contribution in [3.8, 4) is 0 Å². The molecule has 1 aliphatic rings. The lowest BCUT2D eigenvalue weighted by Gasteiger charge is -2.19. The predicted octanol–water partition coefficient (Wildman–Crippen LogP) is 1.37. The molecule has 29 heavy (non-hydrogen) atoms. The average molecular weight is 421 g/mol. The summed E-state index contributed by atoms with van der Waals surface area (Å²) >= 11 is 6.03. The number of hydrogen-bond donors (Lipinski definition) is 5. The molecular weight excluding hydrogens is 403 g/mol. The van der Waals surface area contributed by atoms with E-state index in [1.165, 1.54) is 24.5 Å². The molecule has 0 spiro atoms. The fourth-order valence-corrected chi connectivity index (χ4v) is 3.55. The summed E-state index contributed by atoms with van der Waals surface area (Å²) in [4.78, 5) is 20.9. The van der Waals surface area contributed by atoms with Gasteiger partial charge in [-0.25, -0.2) is 14.4 Å². The Kier molecular flexibility index (Phi) is 5.31. The quantitative estimate of drug-likeness (QED) is 0.420. The molecule has 0 saturated heterocycles. The molecule has 5 N–H and O–H groups in total. The number of nitrogens with zero attached hydrogens (tertiary/aromatic N) is 3. The second-order valence-corrected chi connectivity index (χ2v) is 7.23. The monoisotopic (exact) mass is 420 g/mol. The third-order valence-electron chi connectivity index (χ3n) is 4.92. The van der Waals surface area contributed by atoms with Gasteiger partial charge in [-0.15, -0.1) is 0 Å². The molecular formula is C18H18ClFN6O3. The Bertz CT molecular complexity index is 1060. The summed E-state index contributed by atoms with van der Waals surface area (Å²) < 4.78 is 13.4. The Labute approximate surface area is 169 Å². The number of halogens is 2. The van der Waals surface area contributed by atoms with E-state index in [-0.39, 0.29) is 12.2 Å². The first-order valence-electron chi connectivity index (χ1n) is 8.98. The van der Waals surface area contributed by atoms with Crippen LogP contribution in [0.3, 0.4) is 0 Å². The Morgan fingerprint density at radius 3 is 2.90 bits per heavy atom. The van der Waals surface area contributed by atoms with Gasteiger partial charge >= 0.3 is 0 Å². The van der Waals surface area contributed by atoms with Crippen molar-refractivity contribution in [3.63, 3.8) is 0 Å². The van der Waals surface area contributed by atoms with Gasteiger partial charge < -0.3 is 20.8 Å². The number of nitrogens with one attached hydrogen (secondary N) is 3. The largest absolute Gasteiger partial charge is 0.390 e. The van der Waals surface area contributed by atoms with Crippen LogP contribution in [0.5, 0.6) is 0 Å². The SMILES string of the molecule is O=C(NCc1cc(F)ccc1Cl)c1n[nH]c2ncnc(N[C@@H]3CC[C@@H](O)[C@H]3O)c12. The van der Waals surface area contributed by atoms with Gasteiger partial charge in [-0.2, -0.15) is 5.10 Å². The maximum atomic E-state index is 13.4. The van der Waals surface area contributed by atoms with E-state index < -0.39 is 30.0 Å². The number of fused-ring (bicyclic) bond motifs is 1. The van der Waals surface area contributed by atoms with Crippen LogP contribution >= 0.6 is 11.6 Å². The van der Waals surface area contributed by atoms with Crippen molar-refractivity contribution >= 4 is 34.4 Å². The molecule has 2 heterocycles. The lowest BCUT2D eigenvalue weighted by molar-refractivity contribution is 0.0392. The van der Waals surface area contributed by atoms with Gasteiger partial charge in [-0.1, -0.05) is 11.6 Å². The number of aromatic nitrogens is 4. The molecule has 3 aromatic rings. The van der Waals surface area contributed by atoms with Crippen LogP contribution in [0.4, 0.5) is 10.2 Å². The number of hydrogen-bond acceptors (Lipinski definition) is 7. The number of amides is 1. The van der Waals surface area contributed by atoms with E-state index in [4.69, 9.17) is 11.6 Å². The van der Waals surface area contributed by atoms with Gasteiger partial charge in [0.05, 0.1) is 23.6 Å². The van der Waals surface area contributed by atoms with Crippen LogP contribution in [0.2, 0.25) is 5.02 Å². The van der Waals surface area contributed by atoms with Gasteiger partial charge in [-0.3, -0.25) is 9.89 Å². The van der Waals surface area contributed by atoms with Gasteiger partial charge in [0.1, 0.15) is 18.0 Å². The normalized spacial score (nSPS) is 21.4. The summed E-state index contributed by atoms with van der Waals surface area (Å²) in [5.41, 5.74) is 0.811. The minimum atomic E-state index is -0.945. The number of aliphatic hydroxyl groups excluding tert-OH is 2. The van der Waals surface area contributed by atoms with E-state index in [1.807, 2.05) is 0 Å². The summed E-state index contributed by atoms with van der Waals surface area (Å²) in [6.45, 7) is 0.00770. The summed E-state index contributed by atoms with van der Waals surface area (Å²) in [5.74, 6) is -0.668. The molecule has 0 radical (unpaired) electrons. The number of anilines is 1. The molecule has 11 heteroatoms. The zero-order valence-corrected chi connectivity index (χ0v) is 15.8. The molecule has 152 valence electrons. The molecule has 4 rings (SSSR count). The number of H-pyrrole nitrogens is 1. The van der Waals surface area contributed by atoms with Crippen LogP contribution in [0.25, 0.3) is 11.0 Å². The van der Waals surface area contributed by atoms with Crippen molar-refractivity contribution in [1.29, 1.82) is 0 Å². The molecule has 3 atom stereocenters. The minimum Gasteiger partial charge on any atom is -0.390 e. The number of benzene rings is 1. The maximum absolute atomic E-state index is 13.4. The van der Waals surface area contributed by atoms with Crippen LogP contribution in [0.15, 0.2) is 24.5 Å². The number of aliphatic hydroxyl groups is 2. The van der Waals surface area contributed by atoms with Crippen LogP contribution < -0.4 is 10.6 Å². The Morgan fingerprint density at radius 1 is 1.31 bits per heavy atom. The number of carbonyl (C=O) groups is 1. The molecule has 9 nitrogen and oxygen atoms in total. The minimum absolute atomic E-state index is 0.00770. The highest BCUT2D eigenvalue weighted by Crippen LogP contribution is 2.27. The molecule has 1 amide bonds. The molecule has 2 aromatic heterocycles. The molecule has 1 saturated carbocycles. The van der Waals surface area contributed by atoms with E-state index >= 15 is 0 Å². The van der Waals surface area contributed by atoms with Crippen molar-refractivity contribution in [1.82, 2.24) is 25.5 Å². The second kappa shape index (κ2) is 7.90. The van der Waals surface area contributed by atoms with E-state index in [0.717, 1.165) is 0 Å².